The molecule has 0 unspecified atom stereocenters. The van der Waals surface area contributed by atoms with E-state index in [1.54, 1.807) is 49.4 Å². The quantitative estimate of drug-likeness (QED) is 0.394. The zero-order chi connectivity index (χ0) is 23.3. The first-order valence-electron chi connectivity index (χ1n) is 10.1. The second kappa shape index (κ2) is 9.77. The van der Waals surface area contributed by atoms with Gasteiger partial charge in [-0.2, -0.15) is 13.2 Å². The van der Waals surface area contributed by atoms with Crippen molar-refractivity contribution in [2.24, 2.45) is 0 Å². The van der Waals surface area contributed by atoms with Crippen LogP contribution in [0.5, 0.6) is 11.5 Å². The largest absolute Gasteiger partial charge is 0.457 e. The lowest BCUT2D eigenvalue weighted by molar-refractivity contribution is -0.138. The Morgan fingerprint density at radius 1 is 0.906 bits per heavy atom. The highest BCUT2D eigenvalue weighted by Crippen LogP contribution is 2.32. The molecule has 1 heterocycles. The van der Waals surface area contributed by atoms with Gasteiger partial charge in [-0.3, -0.25) is 14.6 Å². The second-order valence-corrected chi connectivity index (χ2v) is 7.44. The van der Waals surface area contributed by atoms with Crippen LogP contribution in [0.1, 0.15) is 46.1 Å². The van der Waals surface area contributed by atoms with Crippen LogP contribution in [-0.4, -0.2) is 16.6 Å². The van der Waals surface area contributed by atoms with Crippen LogP contribution in [0.25, 0.3) is 0 Å². The Morgan fingerprint density at radius 3 is 2.22 bits per heavy atom. The molecule has 0 bridgehead atoms. The molecule has 1 aromatic heterocycles. The van der Waals surface area contributed by atoms with Gasteiger partial charge in [0.25, 0.3) is 0 Å². The van der Waals surface area contributed by atoms with Crippen LogP contribution in [-0.2, 0) is 23.8 Å². The number of carbonyl (C=O) groups is 2. The number of nitrogens with zero attached hydrogens (tertiary/aromatic N) is 1. The summed E-state index contributed by atoms with van der Waals surface area (Å²) in [5.41, 5.74) is 0.802. The fraction of sp³-hybridized carbons (Fsp3) is 0.240. The van der Waals surface area contributed by atoms with E-state index in [9.17, 15) is 22.8 Å². The SMILES string of the molecule is CCC(=O)c1cc(Oc2ccc(CC(=O)Cc3ccc(C)c(C(F)(F)F)c3)cc2)ccn1. The third-order valence-corrected chi connectivity index (χ3v) is 4.91. The molecule has 0 fully saturated rings. The molecule has 166 valence electrons. The number of halogens is 3. The molecule has 0 aliphatic heterocycles. The number of aromatic nitrogens is 1. The Bertz CT molecular complexity index is 1120. The summed E-state index contributed by atoms with van der Waals surface area (Å²) in [6.45, 7) is 3.15. The summed E-state index contributed by atoms with van der Waals surface area (Å²) < 4.78 is 45.0. The van der Waals surface area contributed by atoms with Gasteiger partial charge in [-0.25, -0.2) is 0 Å². The Kier molecular flexibility index (Phi) is 7.08. The zero-order valence-electron chi connectivity index (χ0n) is 17.7. The predicted octanol–water partition coefficient (Wildman–Crippen LogP) is 6.15. The number of benzene rings is 2. The lowest BCUT2D eigenvalue weighted by Crippen LogP contribution is -2.11. The minimum atomic E-state index is -4.45. The van der Waals surface area contributed by atoms with Crippen molar-refractivity contribution in [1.82, 2.24) is 4.98 Å². The summed E-state index contributed by atoms with van der Waals surface area (Å²) in [5.74, 6) is 0.726. The summed E-state index contributed by atoms with van der Waals surface area (Å²) in [6.07, 6.45) is -2.58. The highest BCUT2D eigenvalue weighted by atomic mass is 19.4. The first-order valence-corrected chi connectivity index (χ1v) is 10.1. The van der Waals surface area contributed by atoms with Gasteiger partial charge >= 0.3 is 6.18 Å². The maximum Gasteiger partial charge on any atom is 0.416 e. The van der Waals surface area contributed by atoms with Gasteiger partial charge < -0.3 is 4.74 Å². The van der Waals surface area contributed by atoms with Gasteiger partial charge in [-0.1, -0.05) is 31.2 Å². The fourth-order valence-electron chi connectivity index (χ4n) is 3.22. The molecule has 0 aliphatic carbocycles. The van der Waals surface area contributed by atoms with E-state index in [1.807, 2.05) is 0 Å². The Morgan fingerprint density at radius 2 is 1.56 bits per heavy atom. The van der Waals surface area contributed by atoms with Crippen molar-refractivity contribution in [3.05, 3.63) is 88.7 Å². The third kappa shape index (κ3) is 6.03. The van der Waals surface area contributed by atoms with Gasteiger partial charge in [0.2, 0.25) is 0 Å². The number of ether oxygens (including phenoxy) is 1. The van der Waals surface area contributed by atoms with Crippen molar-refractivity contribution in [1.29, 1.82) is 0 Å². The second-order valence-electron chi connectivity index (χ2n) is 7.44. The molecule has 3 aromatic rings. The third-order valence-electron chi connectivity index (χ3n) is 4.91. The number of carbonyl (C=O) groups excluding carboxylic acids is 2. The van der Waals surface area contributed by atoms with E-state index < -0.39 is 11.7 Å². The molecule has 2 aromatic carbocycles. The number of ketones is 2. The highest BCUT2D eigenvalue weighted by Gasteiger charge is 2.32. The smallest absolute Gasteiger partial charge is 0.416 e. The molecule has 0 saturated heterocycles. The summed E-state index contributed by atoms with van der Waals surface area (Å²) in [6, 6.07) is 14.0. The average molecular weight is 441 g/mol. The van der Waals surface area contributed by atoms with E-state index in [1.165, 1.54) is 19.2 Å². The maximum absolute atomic E-state index is 13.1. The summed E-state index contributed by atoms with van der Waals surface area (Å²) in [5, 5.41) is 0. The molecule has 0 aliphatic rings. The van der Waals surface area contributed by atoms with Crippen molar-refractivity contribution in [3.63, 3.8) is 0 Å². The molecule has 7 heteroatoms. The van der Waals surface area contributed by atoms with Crippen LogP contribution in [0.4, 0.5) is 13.2 Å². The zero-order valence-corrected chi connectivity index (χ0v) is 17.7. The molecule has 0 amide bonds. The van der Waals surface area contributed by atoms with Crippen LogP contribution in [0, 0.1) is 6.92 Å². The van der Waals surface area contributed by atoms with Gasteiger partial charge in [0.05, 0.1) is 5.56 Å². The number of Topliss-reactive ketones (excluding diaryl/α,β-unsaturated/α-hetero) is 2. The van der Waals surface area contributed by atoms with Gasteiger partial charge in [0.15, 0.2) is 5.78 Å². The minimum Gasteiger partial charge on any atom is -0.457 e. The number of aryl methyl sites for hydroxylation is 1. The standard InChI is InChI=1S/C25H22F3NO3/c1-3-24(31)23-15-21(10-11-29-23)32-20-8-6-17(7-9-20)12-19(30)13-18-5-4-16(2)22(14-18)25(26,27)28/h4-11,14-15H,3,12-13H2,1-2H3. The molecular formula is C25H22F3NO3. The molecule has 0 radical (unpaired) electrons. The molecule has 32 heavy (non-hydrogen) atoms. The van der Waals surface area contributed by atoms with Crippen molar-refractivity contribution < 1.29 is 27.5 Å². The Labute approximate surface area is 184 Å². The fourth-order valence-corrected chi connectivity index (χ4v) is 3.22. The maximum atomic E-state index is 13.1. The number of alkyl halides is 3. The minimum absolute atomic E-state index is 0.0765. The van der Waals surface area contributed by atoms with Gasteiger partial charge in [-0.15, -0.1) is 0 Å². The van der Waals surface area contributed by atoms with Crippen LogP contribution >= 0.6 is 0 Å². The summed E-state index contributed by atoms with van der Waals surface area (Å²) >= 11 is 0. The first kappa shape index (κ1) is 23.2. The molecule has 4 nitrogen and oxygen atoms in total. The number of pyridine rings is 1. The van der Waals surface area contributed by atoms with Crippen LogP contribution in [0.2, 0.25) is 0 Å². The predicted molar refractivity (Wildman–Crippen MR) is 114 cm³/mol. The number of hydrogen-bond acceptors (Lipinski definition) is 4. The van der Waals surface area contributed by atoms with Gasteiger partial charge in [0, 0.05) is 31.5 Å². The van der Waals surface area contributed by atoms with Crippen molar-refractivity contribution >= 4 is 11.6 Å². The van der Waals surface area contributed by atoms with Gasteiger partial charge in [0.1, 0.15) is 23.0 Å². The normalized spacial score (nSPS) is 11.3. The van der Waals surface area contributed by atoms with E-state index in [0.717, 1.165) is 11.6 Å². The lowest BCUT2D eigenvalue weighted by Gasteiger charge is -2.12. The van der Waals surface area contributed by atoms with Crippen LogP contribution in [0.15, 0.2) is 60.8 Å². The number of hydrogen-bond donors (Lipinski definition) is 0. The van der Waals surface area contributed by atoms with Crippen LogP contribution in [0.3, 0.4) is 0 Å². The van der Waals surface area contributed by atoms with E-state index in [-0.39, 0.29) is 30.0 Å². The molecule has 0 atom stereocenters. The van der Waals surface area contributed by atoms with E-state index in [4.69, 9.17) is 4.74 Å². The molecule has 0 spiro atoms. The van der Waals surface area contributed by atoms with E-state index >= 15 is 0 Å². The number of rotatable bonds is 8. The Hall–Kier alpha value is -3.48. The topological polar surface area (TPSA) is 56.3 Å². The molecule has 3 rings (SSSR count). The van der Waals surface area contributed by atoms with Crippen molar-refractivity contribution in [2.45, 2.75) is 39.3 Å². The van der Waals surface area contributed by atoms with Crippen molar-refractivity contribution in [3.8, 4) is 11.5 Å². The highest BCUT2D eigenvalue weighted by molar-refractivity contribution is 5.94. The summed E-state index contributed by atoms with van der Waals surface area (Å²) in [4.78, 5) is 28.2. The monoisotopic (exact) mass is 441 g/mol. The molecule has 0 N–H and O–H groups in total. The molecular weight excluding hydrogens is 419 g/mol. The first-order chi connectivity index (χ1) is 15.2. The van der Waals surface area contributed by atoms with Gasteiger partial charge in [-0.05, 0) is 47.9 Å². The van der Waals surface area contributed by atoms with Crippen molar-refractivity contribution in [2.75, 3.05) is 0 Å². The molecule has 0 saturated carbocycles. The Balaban J connectivity index is 1.62. The van der Waals surface area contributed by atoms with Crippen LogP contribution < -0.4 is 4.74 Å². The van der Waals surface area contributed by atoms with E-state index in [2.05, 4.69) is 4.98 Å². The lowest BCUT2D eigenvalue weighted by atomic mass is 9.99. The summed E-state index contributed by atoms with van der Waals surface area (Å²) in [7, 11) is 0. The average Bonchev–Trinajstić information content (AvgIpc) is 2.75. The van der Waals surface area contributed by atoms with E-state index in [0.29, 0.717) is 29.2 Å².